The lowest BCUT2D eigenvalue weighted by atomic mass is 10.1. The van der Waals surface area contributed by atoms with E-state index >= 15 is 0 Å². The van der Waals surface area contributed by atoms with Gasteiger partial charge in [0.15, 0.2) is 4.93 Å². The highest BCUT2D eigenvalue weighted by Gasteiger charge is 2.30. The summed E-state index contributed by atoms with van der Waals surface area (Å²) in [6.07, 6.45) is 0.818. The van der Waals surface area contributed by atoms with E-state index in [1.807, 2.05) is 0 Å². The third kappa shape index (κ3) is 2.45. The molecule has 1 aromatic rings. The van der Waals surface area contributed by atoms with Crippen LogP contribution in [0.3, 0.4) is 0 Å². The molecule has 1 aliphatic heterocycles. The monoisotopic (exact) mass is 225 g/mol. The molecular weight excluding hydrogens is 210 g/mol. The predicted octanol–water partition coefficient (Wildman–Crippen LogP) is 2.34. The number of nitrogens with two attached hydrogens (primary N) is 1. The van der Waals surface area contributed by atoms with Crippen LogP contribution >= 0.6 is 11.8 Å². The van der Waals surface area contributed by atoms with Crippen molar-refractivity contribution in [3.8, 4) is 5.75 Å². The summed E-state index contributed by atoms with van der Waals surface area (Å²) in [6, 6.07) is 6.26. The fourth-order valence-corrected chi connectivity index (χ4v) is 2.60. The van der Waals surface area contributed by atoms with Gasteiger partial charge in [0.25, 0.3) is 0 Å². The summed E-state index contributed by atoms with van der Waals surface area (Å²) in [7, 11) is 0. The minimum absolute atomic E-state index is 0.147. The fraction of sp³-hybridized carbons (Fsp3) is 0.455. The Morgan fingerprint density at radius 3 is 3.00 bits per heavy atom. The predicted molar refractivity (Wildman–Crippen MR) is 60.8 cm³/mol. The Morgan fingerprint density at radius 2 is 2.27 bits per heavy atom. The zero-order chi connectivity index (χ0) is 10.9. The molecule has 2 rings (SSSR count). The van der Waals surface area contributed by atoms with Crippen LogP contribution in [0.15, 0.2) is 23.1 Å². The van der Waals surface area contributed by atoms with Gasteiger partial charge in [-0.2, -0.15) is 0 Å². The van der Waals surface area contributed by atoms with Gasteiger partial charge in [-0.05, 0) is 38.0 Å². The van der Waals surface area contributed by atoms with E-state index in [9.17, 15) is 0 Å². The zero-order valence-corrected chi connectivity index (χ0v) is 9.76. The van der Waals surface area contributed by atoms with E-state index in [1.54, 1.807) is 11.8 Å². The first-order valence-corrected chi connectivity index (χ1v) is 5.75. The lowest BCUT2D eigenvalue weighted by Gasteiger charge is -2.15. The summed E-state index contributed by atoms with van der Waals surface area (Å²) in [4.78, 5) is 5.62. The van der Waals surface area contributed by atoms with Gasteiger partial charge in [-0.1, -0.05) is 17.8 Å². The molecule has 0 fully saturated rings. The standard InChI is InChI=1S/C11H15NO2S/c1-11(2)14-9-7-8(5-6-13-12)3-4-10(9)15-11/h3-4,7H,5-6,12H2,1-2H3. The Balaban J connectivity index is 2.15. The van der Waals surface area contributed by atoms with Crippen LogP contribution in [0.25, 0.3) is 0 Å². The summed E-state index contributed by atoms with van der Waals surface area (Å²) in [6.45, 7) is 4.68. The van der Waals surface area contributed by atoms with Crippen molar-refractivity contribution in [3.63, 3.8) is 0 Å². The van der Waals surface area contributed by atoms with Gasteiger partial charge < -0.3 is 9.57 Å². The molecule has 0 bridgehead atoms. The first-order chi connectivity index (χ1) is 7.11. The second-order valence-electron chi connectivity index (χ2n) is 4.01. The zero-order valence-electron chi connectivity index (χ0n) is 8.95. The average molecular weight is 225 g/mol. The number of thioether (sulfide) groups is 1. The van der Waals surface area contributed by atoms with Crippen LogP contribution in [0.5, 0.6) is 5.75 Å². The highest BCUT2D eigenvalue weighted by molar-refractivity contribution is 8.00. The maximum absolute atomic E-state index is 5.81. The Kier molecular flexibility index (Phi) is 2.91. The summed E-state index contributed by atoms with van der Waals surface area (Å²) in [5.74, 6) is 5.97. The van der Waals surface area contributed by atoms with Gasteiger partial charge in [0.1, 0.15) is 5.75 Å². The number of rotatable bonds is 3. The second kappa shape index (κ2) is 4.04. The molecule has 1 aliphatic rings. The quantitative estimate of drug-likeness (QED) is 0.802. The minimum Gasteiger partial charge on any atom is -0.476 e. The second-order valence-corrected chi connectivity index (χ2v) is 5.63. The van der Waals surface area contributed by atoms with Gasteiger partial charge in [-0.3, -0.25) is 0 Å². The third-order valence-electron chi connectivity index (χ3n) is 2.23. The van der Waals surface area contributed by atoms with Gasteiger partial charge >= 0.3 is 0 Å². The van der Waals surface area contributed by atoms with E-state index in [-0.39, 0.29) is 4.93 Å². The molecule has 82 valence electrons. The van der Waals surface area contributed by atoms with Gasteiger partial charge in [-0.25, -0.2) is 5.90 Å². The summed E-state index contributed by atoms with van der Waals surface area (Å²) in [5, 5.41) is 0. The van der Waals surface area contributed by atoms with Crippen molar-refractivity contribution < 1.29 is 9.57 Å². The summed E-state index contributed by atoms with van der Waals surface area (Å²) >= 11 is 1.75. The van der Waals surface area contributed by atoms with E-state index in [0.717, 1.165) is 12.2 Å². The molecule has 0 atom stereocenters. The third-order valence-corrected chi connectivity index (χ3v) is 3.36. The SMILES string of the molecule is CC1(C)Oc2cc(CCON)ccc2S1. The number of benzene rings is 1. The van der Waals surface area contributed by atoms with E-state index in [4.69, 9.17) is 10.6 Å². The van der Waals surface area contributed by atoms with Crippen molar-refractivity contribution in [1.29, 1.82) is 0 Å². The van der Waals surface area contributed by atoms with Crippen molar-refractivity contribution in [2.24, 2.45) is 5.90 Å². The molecule has 0 amide bonds. The largest absolute Gasteiger partial charge is 0.476 e. The number of hydrogen-bond donors (Lipinski definition) is 1. The van der Waals surface area contributed by atoms with Crippen molar-refractivity contribution in [2.45, 2.75) is 30.1 Å². The molecule has 0 aliphatic carbocycles. The van der Waals surface area contributed by atoms with Gasteiger partial charge in [0, 0.05) is 0 Å². The Hall–Kier alpha value is -0.710. The van der Waals surface area contributed by atoms with E-state index in [0.29, 0.717) is 6.61 Å². The smallest absolute Gasteiger partial charge is 0.153 e. The van der Waals surface area contributed by atoms with Crippen molar-refractivity contribution >= 4 is 11.8 Å². The van der Waals surface area contributed by atoms with Crippen LogP contribution < -0.4 is 10.6 Å². The molecule has 3 nitrogen and oxygen atoms in total. The maximum Gasteiger partial charge on any atom is 0.153 e. The van der Waals surface area contributed by atoms with Crippen LogP contribution in [-0.4, -0.2) is 11.5 Å². The van der Waals surface area contributed by atoms with E-state index in [2.05, 4.69) is 36.9 Å². The summed E-state index contributed by atoms with van der Waals surface area (Å²) in [5.41, 5.74) is 1.19. The number of fused-ring (bicyclic) bond motifs is 1. The van der Waals surface area contributed by atoms with Gasteiger partial charge in [0.05, 0.1) is 11.5 Å². The van der Waals surface area contributed by atoms with E-state index in [1.165, 1.54) is 10.5 Å². The topological polar surface area (TPSA) is 44.5 Å². The first kappa shape index (κ1) is 10.8. The Morgan fingerprint density at radius 1 is 1.47 bits per heavy atom. The lowest BCUT2D eigenvalue weighted by molar-refractivity contribution is 0.141. The fourth-order valence-electron chi connectivity index (χ4n) is 1.60. The normalized spacial score (nSPS) is 17.3. The highest BCUT2D eigenvalue weighted by atomic mass is 32.2. The molecule has 1 aromatic carbocycles. The molecule has 0 saturated carbocycles. The van der Waals surface area contributed by atoms with Gasteiger partial charge in [0.2, 0.25) is 0 Å². The molecule has 0 unspecified atom stereocenters. The van der Waals surface area contributed by atoms with Crippen molar-refractivity contribution in [3.05, 3.63) is 23.8 Å². The molecule has 1 heterocycles. The molecule has 4 heteroatoms. The van der Waals surface area contributed by atoms with Crippen LogP contribution in [0.1, 0.15) is 19.4 Å². The van der Waals surface area contributed by atoms with E-state index < -0.39 is 0 Å². The molecule has 15 heavy (non-hydrogen) atoms. The molecule has 0 radical (unpaired) electrons. The lowest BCUT2D eigenvalue weighted by Crippen LogP contribution is -2.18. The highest BCUT2D eigenvalue weighted by Crippen LogP contribution is 2.47. The molecular formula is C11H15NO2S. The van der Waals surface area contributed by atoms with Crippen LogP contribution in [0.2, 0.25) is 0 Å². The molecule has 2 N–H and O–H groups in total. The Labute approximate surface area is 93.9 Å². The van der Waals surface area contributed by atoms with Crippen molar-refractivity contribution in [2.75, 3.05) is 6.61 Å². The Bertz CT molecular complexity index is 366. The van der Waals surface area contributed by atoms with Crippen molar-refractivity contribution in [1.82, 2.24) is 0 Å². The van der Waals surface area contributed by atoms with Crippen LogP contribution in [0.4, 0.5) is 0 Å². The summed E-state index contributed by atoms with van der Waals surface area (Å²) < 4.78 is 5.81. The van der Waals surface area contributed by atoms with Crippen LogP contribution in [-0.2, 0) is 11.3 Å². The minimum atomic E-state index is -0.147. The maximum atomic E-state index is 5.81. The average Bonchev–Trinajstić information content (AvgIpc) is 2.47. The van der Waals surface area contributed by atoms with Gasteiger partial charge in [-0.15, -0.1) is 0 Å². The molecule has 0 aromatic heterocycles. The first-order valence-electron chi connectivity index (χ1n) is 4.93. The molecule has 0 saturated heterocycles. The number of ether oxygens (including phenoxy) is 1. The molecule has 0 spiro atoms. The van der Waals surface area contributed by atoms with Crippen LogP contribution in [0, 0.1) is 0 Å². The number of hydrogen-bond acceptors (Lipinski definition) is 4.